The molecule has 2 aromatic rings. The lowest BCUT2D eigenvalue weighted by Gasteiger charge is -2.34. The Morgan fingerprint density at radius 3 is 2.70 bits per heavy atom. The molecule has 2 saturated carbocycles. The summed E-state index contributed by atoms with van der Waals surface area (Å²) in [6, 6.07) is 6.64. The predicted octanol–water partition coefficient (Wildman–Crippen LogP) is 4.35. The minimum Gasteiger partial charge on any atom is -0.489 e. The highest BCUT2D eigenvalue weighted by molar-refractivity contribution is 5.95. The molecule has 33 heavy (non-hydrogen) atoms. The van der Waals surface area contributed by atoms with Crippen molar-refractivity contribution in [1.29, 1.82) is 0 Å². The lowest BCUT2D eigenvalue weighted by molar-refractivity contribution is -0.124. The zero-order chi connectivity index (χ0) is 23.8. The van der Waals surface area contributed by atoms with Gasteiger partial charge in [-0.3, -0.25) is 4.79 Å². The van der Waals surface area contributed by atoms with Crippen LogP contribution in [0.4, 0.5) is 0 Å². The topological polar surface area (TPSA) is 103 Å². The Morgan fingerprint density at radius 1 is 1.27 bits per heavy atom. The molecule has 1 N–H and O–H groups in total. The molecule has 176 valence electrons. The maximum absolute atomic E-state index is 12.4. The summed E-state index contributed by atoms with van der Waals surface area (Å²) in [7, 11) is 0. The lowest BCUT2D eigenvalue weighted by atomic mass is 9.70. The molecule has 8 heteroatoms. The number of carbonyl (C=O) groups excluding carboxylic acids is 2. The number of carbonyl (C=O) groups is 2. The van der Waals surface area contributed by atoms with Crippen molar-refractivity contribution in [2.75, 3.05) is 6.61 Å². The monoisotopic (exact) mass is 453 g/mol. The van der Waals surface area contributed by atoms with Gasteiger partial charge in [0.2, 0.25) is 0 Å². The Morgan fingerprint density at radius 2 is 2.06 bits per heavy atom. The Bertz CT molecular complexity index is 1080. The van der Waals surface area contributed by atoms with Crippen molar-refractivity contribution >= 4 is 17.6 Å². The molecule has 0 saturated heterocycles. The van der Waals surface area contributed by atoms with Crippen molar-refractivity contribution in [2.24, 2.45) is 21.8 Å². The van der Waals surface area contributed by atoms with Crippen LogP contribution in [0.2, 0.25) is 0 Å². The van der Waals surface area contributed by atoms with E-state index in [0.29, 0.717) is 23.0 Å². The zero-order valence-electron chi connectivity index (χ0n) is 19.9. The summed E-state index contributed by atoms with van der Waals surface area (Å²) < 4.78 is 16.1. The molecule has 2 bridgehead atoms. The number of hydrogen-bond donors (Lipinski definition) is 1. The average Bonchev–Trinajstić information content (AvgIpc) is 3.30. The predicted molar refractivity (Wildman–Crippen MR) is 122 cm³/mol. The number of benzene rings is 1. The molecular weight excluding hydrogens is 422 g/mol. The molecule has 1 amide bonds. The summed E-state index contributed by atoms with van der Waals surface area (Å²) in [5.74, 6) is 0.746. The van der Waals surface area contributed by atoms with Crippen LogP contribution >= 0.6 is 0 Å². The number of rotatable bonds is 7. The van der Waals surface area contributed by atoms with Crippen molar-refractivity contribution in [1.82, 2.24) is 10.6 Å². The highest BCUT2D eigenvalue weighted by Gasteiger charge is 2.60. The van der Waals surface area contributed by atoms with Gasteiger partial charge in [-0.15, -0.1) is 0 Å². The second-order valence-corrected chi connectivity index (χ2v) is 9.78. The summed E-state index contributed by atoms with van der Waals surface area (Å²) in [4.78, 5) is 24.7. The van der Waals surface area contributed by atoms with Crippen LogP contribution in [0.3, 0.4) is 0 Å². The Labute approximate surface area is 193 Å². The molecule has 2 aliphatic rings. The van der Waals surface area contributed by atoms with Crippen LogP contribution in [-0.2, 0) is 16.1 Å². The molecule has 1 aromatic heterocycles. The van der Waals surface area contributed by atoms with Gasteiger partial charge in [0.15, 0.2) is 6.61 Å². The van der Waals surface area contributed by atoms with Crippen LogP contribution in [-0.4, -0.2) is 29.4 Å². The second-order valence-electron chi connectivity index (χ2n) is 9.78. The first-order chi connectivity index (χ1) is 15.6. The van der Waals surface area contributed by atoms with E-state index in [1.807, 2.05) is 13.8 Å². The number of aromatic nitrogens is 1. The van der Waals surface area contributed by atoms with Crippen LogP contribution in [0, 0.1) is 30.6 Å². The van der Waals surface area contributed by atoms with E-state index in [0.717, 1.165) is 29.8 Å². The fourth-order valence-corrected chi connectivity index (χ4v) is 5.05. The fraction of sp³-hybridized carbons (Fsp3) is 0.520. The van der Waals surface area contributed by atoms with Gasteiger partial charge in [-0.1, -0.05) is 32.0 Å². The van der Waals surface area contributed by atoms with E-state index in [-0.39, 0.29) is 17.4 Å². The Hall–Kier alpha value is -3.16. The molecule has 1 aromatic carbocycles. The summed E-state index contributed by atoms with van der Waals surface area (Å²) in [5.41, 5.74) is 5.72. The molecule has 8 nitrogen and oxygen atoms in total. The molecule has 0 aliphatic heterocycles. The second kappa shape index (κ2) is 8.65. The van der Waals surface area contributed by atoms with E-state index in [2.05, 4.69) is 36.5 Å². The van der Waals surface area contributed by atoms with E-state index in [1.165, 1.54) is 6.42 Å². The van der Waals surface area contributed by atoms with Gasteiger partial charge >= 0.3 is 5.97 Å². The largest absolute Gasteiger partial charge is 0.489 e. The highest BCUT2D eigenvalue weighted by atomic mass is 16.5. The number of nitrogens with zero attached hydrogens (tertiary/aromatic N) is 2. The molecule has 4 rings (SSSR count). The molecule has 1 heterocycles. The first-order valence-electron chi connectivity index (χ1n) is 11.3. The van der Waals surface area contributed by atoms with Crippen LogP contribution in [0.15, 0.2) is 33.9 Å². The van der Waals surface area contributed by atoms with Crippen LogP contribution in [0.25, 0.3) is 0 Å². The zero-order valence-corrected chi connectivity index (χ0v) is 19.9. The third-order valence-electron chi connectivity index (χ3n) is 7.80. The number of hydrazone groups is 1. The van der Waals surface area contributed by atoms with Crippen molar-refractivity contribution in [3.8, 4) is 5.75 Å². The van der Waals surface area contributed by atoms with Crippen LogP contribution in [0.5, 0.6) is 5.75 Å². The van der Waals surface area contributed by atoms with E-state index in [1.54, 1.807) is 24.3 Å². The first-order valence-corrected chi connectivity index (χ1v) is 11.3. The minimum absolute atomic E-state index is 0.00562. The maximum Gasteiger partial charge on any atom is 0.338 e. The van der Waals surface area contributed by atoms with E-state index in [9.17, 15) is 9.59 Å². The summed E-state index contributed by atoms with van der Waals surface area (Å²) in [6.07, 6.45) is 3.20. The number of fused-ring (bicyclic) bond motifs is 2. The summed E-state index contributed by atoms with van der Waals surface area (Å²) >= 11 is 0. The molecule has 0 spiro atoms. The van der Waals surface area contributed by atoms with E-state index < -0.39 is 18.5 Å². The molecule has 2 atom stereocenters. The number of amides is 1. The van der Waals surface area contributed by atoms with Gasteiger partial charge in [-0.25, -0.2) is 10.2 Å². The SMILES string of the molecule is Cc1noc(C)c1COc1cccc(C(=O)OCC(=O)N/N=C2\CC3CCC2(C)C3(C)C)c1. The third-order valence-corrected chi connectivity index (χ3v) is 7.80. The summed E-state index contributed by atoms with van der Waals surface area (Å²) in [5, 5.41) is 8.29. The standard InChI is InChI=1S/C25H31N3O5/c1-15-20(16(2)33-28-15)13-31-19-8-6-7-17(11-19)23(30)32-14-22(29)27-26-21-12-18-9-10-25(21,5)24(18,3)4/h6-8,11,18H,9-10,12-14H2,1-5H3,(H,27,29)/b26-21+. The van der Waals surface area contributed by atoms with Crippen molar-refractivity contribution in [3.63, 3.8) is 0 Å². The van der Waals surface area contributed by atoms with Crippen molar-refractivity contribution in [3.05, 3.63) is 46.8 Å². The van der Waals surface area contributed by atoms with Gasteiger partial charge in [-0.2, -0.15) is 5.10 Å². The number of aryl methyl sites for hydroxylation is 2. The summed E-state index contributed by atoms with van der Waals surface area (Å²) in [6.45, 7) is 10.3. The number of esters is 1. The third kappa shape index (κ3) is 4.26. The van der Waals surface area contributed by atoms with E-state index in [4.69, 9.17) is 14.0 Å². The fourth-order valence-electron chi connectivity index (χ4n) is 5.05. The molecule has 2 unspecified atom stereocenters. The van der Waals surface area contributed by atoms with Gasteiger partial charge in [0.05, 0.1) is 16.8 Å². The number of hydrogen-bond acceptors (Lipinski definition) is 7. The Balaban J connectivity index is 1.29. The quantitative estimate of drug-likeness (QED) is 0.494. The number of ether oxygens (including phenoxy) is 2. The molecule has 2 fully saturated rings. The molecule has 0 radical (unpaired) electrons. The normalized spacial score (nSPS) is 24.2. The van der Waals surface area contributed by atoms with Gasteiger partial charge < -0.3 is 14.0 Å². The van der Waals surface area contributed by atoms with Crippen molar-refractivity contribution < 1.29 is 23.6 Å². The van der Waals surface area contributed by atoms with Crippen LogP contribution < -0.4 is 10.2 Å². The van der Waals surface area contributed by atoms with Crippen LogP contribution in [0.1, 0.15) is 67.4 Å². The van der Waals surface area contributed by atoms with Gasteiger partial charge in [0, 0.05) is 11.1 Å². The minimum atomic E-state index is -0.603. The molecular formula is C25H31N3O5. The smallest absolute Gasteiger partial charge is 0.338 e. The first kappa shape index (κ1) is 23.0. The maximum atomic E-state index is 12.4. The van der Waals surface area contributed by atoms with Crippen molar-refractivity contribution in [2.45, 2.75) is 60.5 Å². The van der Waals surface area contributed by atoms with E-state index >= 15 is 0 Å². The van der Waals surface area contributed by atoms with Gasteiger partial charge in [-0.05, 0) is 62.6 Å². The van der Waals surface area contributed by atoms with Gasteiger partial charge in [0.1, 0.15) is 18.1 Å². The average molecular weight is 454 g/mol. The number of nitrogens with one attached hydrogen (secondary N) is 1. The Kier molecular flexibility index (Phi) is 6.03. The highest BCUT2D eigenvalue weighted by Crippen LogP contribution is 2.63. The molecule has 2 aliphatic carbocycles. The lowest BCUT2D eigenvalue weighted by Crippen LogP contribution is -2.34. The van der Waals surface area contributed by atoms with Gasteiger partial charge in [0.25, 0.3) is 5.91 Å².